The number of nitrogens with zero attached hydrogens (tertiary/aromatic N) is 2. The van der Waals surface area contributed by atoms with Crippen molar-refractivity contribution in [1.82, 2.24) is 4.98 Å². The molecular weight excluding hydrogens is 172 g/mol. The van der Waals surface area contributed by atoms with Crippen molar-refractivity contribution >= 4 is 18.0 Å². The molecule has 0 aromatic carbocycles. The van der Waals surface area contributed by atoms with Crippen molar-refractivity contribution < 1.29 is 4.18 Å². The van der Waals surface area contributed by atoms with Crippen molar-refractivity contribution in [2.24, 2.45) is 0 Å². The summed E-state index contributed by atoms with van der Waals surface area (Å²) in [6, 6.07) is 6.28. The molecule has 1 saturated heterocycles. The van der Waals surface area contributed by atoms with Gasteiger partial charge in [0.1, 0.15) is 18.0 Å². The molecule has 4 heteroatoms. The van der Waals surface area contributed by atoms with E-state index in [0.29, 0.717) is 6.04 Å². The summed E-state index contributed by atoms with van der Waals surface area (Å²) in [6.07, 6.45) is 1.79. The van der Waals surface area contributed by atoms with Gasteiger partial charge >= 0.3 is 0 Å². The maximum Gasteiger partial charge on any atom is 0.140 e. The molecule has 0 aliphatic carbocycles. The first-order chi connectivity index (χ1) is 5.88. The van der Waals surface area contributed by atoms with Gasteiger partial charge in [-0.1, -0.05) is 6.07 Å². The van der Waals surface area contributed by atoms with E-state index in [4.69, 9.17) is 4.18 Å². The van der Waals surface area contributed by atoms with Gasteiger partial charge < -0.3 is 0 Å². The van der Waals surface area contributed by atoms with Crippen molar-refractivity contribution in [2.45, 2.75) is 13.0 Å². The van der Waals surface area contributed by atoms with Crippen LogP contribution in [0.1, 0.15) is 6.92 Å². The Labute approximate surface area is 76.1 Å². The average Bonchev–Trinajstić information content (AvgIpc) is 2.53. The second-order valence-corrected chi connectivity index (χ2v) is 3.50. The minimum absolute atomic E-state index is 0.407. The molecule has 1 aliphatic rings. The lowest BCUT2D eigenvalue weighted by atomic mass is 10.3. The first-order valence-corrected chi connectivity index (χ1v) is 4.57. The Morgan fingerprint density at radius 3 is 3.17 bits per heavy atom. The highest BCUT2D eigenvalue weighted by Crippen LogP contribution is 2.29. The van der Waals surface area contributed by atoms with E-state index in [-0.39, 0.29) is 0 Å². The molecule has 1 aliphatic heterocycles. The fourth-order valence-electron chi connectivity index (χ4n) is 1.07. The predicted octanol–water partition coefficient (Wildman–Crippen LogP) is 1.87. The molecule has 0 saturated carbocycles. The number of hydrogen-bond acceptors (Lipinski definition) is 4. The Bertz CT molecular complexity index is 254. The number of hydrogen-bond donors (Lipinski definition) is 0. The fourth-order valence-corrected chi connectivity index (χ4v) is 1.84. The molecule has 64 valence electrons. The quantitative estimate of drug-likeness (QED) is 0.489. The van der Waals surface area contributed by atoms with Gasteiger partial charge in [0.2, 0.25) is 0 Å². The zero-order valence-corrected chi connectivity index (χ0v) is 7.62. The minimum atomic E-state index is 0.407. The van der Waals surface area contributed by atoms with E-state index in [9.17, 15) is 0 Å². The summed E-state index contributed by atoms with van der Waals surface area (Å²) in [4.78, 5) is 4.24. The van der Waals surface area contributed by atoms with Crippen LogP contribution in [0.3, 0.4) is 0 Å². The molecule has 1 fully saturated rings. The summed E-state index contributed by atoms with van der Waals surface area (Å²) in [5.74, 6) is 0.965. The van der Waals surface area contributed by atoms with Gasteiger partial charge in [-0.2, -0.15) is 0 Å². The Balaban J connectivity index is 2.19. The van der Waals surface area contributed by atoms with Gasteiger partial charge in [0.25, 0.3) is 0 Å². The zero-order valence-electron chi connectivity index (χ0n) is 6.80. The topological polar surface area (TPSA) is 25.4 Å². The van der Waals surface area contributed by atoms with E-state index >= 15 is 0 Å². The Morgan fingerprint density at radius 2 is 2.58 bits per heavy atom. The van der Waals surface area contributed by atoms with E-state index in [0.717, 1.165) is 12.4 Å². The molecule has 0 bridgehead atoms. The van der Waals surface area contributed by atoms with Crippen molar-refractivity contribution in [1.29, 1.82) is 0 Å². The number of rotatable bonds is 1. The van der Waals surface area contributed by atoms with Gasteiger partial charge in [0, 0.05) is 6.20 Å². The lowest BCUT2D eigenvalue weighted by Crippen LogP contribution is -2.23. The maximum absolute atomic E-state index is 5.23. The van der Waals surface area contributed by atoms with Crippen LogP contribution in [0.25, 0.3) is 0 Å². The minimum Gasteiger partial charge on any atom is -0.294 e. The van der Waals surface area contributed by atoms with E-state index < -0.39 is 0 Å². The van der Waals surface area contributed by atoms with Crippen LogP contribution in [0, 0.1) is 0 Å². The lowest BCUT2D eigenvalue weighted by Gasteiger charge is -2.16. The fraction of sp³-hybridized carbons (Fsp3) is 0.375. The smallest absolute Gasteiger partial charge is 0.140 e. The van der Waals surface area contributed by atoms with Crippen LogP contribution in [-0.2, 0) is 4.18 Å². The number of aromatic nitrogens is 1. The summed E-state index contributed by atoms with van der Waals surface area (Å²) >= 11 is 1.37. The normalized spacial score (nSPS) is 23.1. The van der Waals surface area contributed by atoms with Gasteiger partial charge in [0.15, 0.2) is 0 Å². The SMILES string of the molecule is C[C@@H]1COSN1c1ccccn1. The largest absolute Gasteiger partial charge is 0.294 e. The Hall–Kier alpha value is -0.740. The van der Waals surface area contributed by atoms with Crippen LogP contribution in [0.2, 0.25) is 0 Å². The summed E-state index contributed by atoms with van der Waals surface area (Å²) in [5.41, 5.74) is 0. The third-order valence-corrected chi connectivity index (χ3v) is 2.67. The van der Waals surface area contributed by atoms with Crippen LogP contribution in [0.15, 0.2) is 24.4 Å². The summed E-state index contributed by atoms with van der Waals surface area (Å²) in [7, 11) is 0. The van der Waals surface area contributed by atoms with Crippen LogP contribution in [0.5, 0.6) is 0 Å². The van der Waals surface area contributed by atoms with E-state index in [1.54, 1.807) is 6.20 Å². The van der Waals surface area contributed by atoms with Gasteiger partial charge in [0.05, 0.1) is 12.6 Å². The lowest BCUT2D eigenvalue weighted by molar-refractivity contribution is 0.384. The van der Waals surface area contributed by atoms with E-state index in [1.807, 2.05) is 18.2 Å². The molecule has 0 radical (unpaired) electrons. The summed E-state index contributed by atoms with van der Waals surface area (Å²) in [6.45, 7) is 2.88. The third-order valence-electron chi connectivity index (χ3n) is 1.72. The maximum atomic E-state index is 5.23. The van der Waals surface area contributed by atoms with Crippen molar-refractivity contribution in [3.63, 3.8) is 0 Å². The van der Waals surface area contributed by atoms with Crippen LogP contribution in [-0.4, -0.2) is 17.6 Å². The molecule has 0 spiro atoms. The van der Waals surface area contributed by atoms with Crippen LogP contribution >= 0.6 is 12.2 Å². The van der Waals surface area contributed by atoms with Crippen molar-refractivity contribution in [3.05, 3.63) is 24.4 Å². The standard InChI is InChI=1S/C8H10N2OS/c1-7-6-11-12-10(7)8-4-2-3-5-9-8/h2-5,7H,6H2,1H3/t7-/m1/s1. The highest BCUT2D eigenvalue weighted by molar-refractivity contribution is 7.96. The number of pyridine rings is 1. The van der Waals surface area contributed by atoms with Crippen molar-refractivity contribution in [2.75, 3.05) is 10.9 Å². The van der Waals surface area contributed by atoms with Gasteiger partial charge in [-0.05, 0) is 19.1 Å². The second-order valence-electron chi connectivity index (χ2n) is 2.72. The molecule has 12 heavy (non-hydrogen) atoms. The molecule has 3 nitrogen and oxygen atoms in total. The molecule has 0 amide bonds. The predicted molar refractivity (Wildman–Crippen MR) is 49.7 cm³/mol. The summed E-state index contributed by atoms with van der Waals surface area (Å²) < 4.78 is 7.30. The first-order valence-electron chi connectivity index (χ1n) is 3.88. The number of anilines is 1. The van der Waals surface area contributed by atoms with Gasteiger partial charge in [-0.25, -0.2) is 4.98 Å². The molecule has 2 heterocycles. The molecule has 0 N–H and O–H groups in total. The third kappa shape index (κ3) is 1.40. The highest BCUT2D eigenvalue weighted by Gasteiger charge is 2.23. The van der Waals surface area contributed by atoms with E-state index in [2.05, 4.69) is 16.2 Å². The summed E-state index contributed by atoms with van der Waals surface area (Å²) in [5, 5.41) is 0. The second kappa shape index (κ2) is 3.33. The molecule has 1 aromatic heterocycles. The van der Waals surface area contributed by atoms with Crippen LogP contribution < -0.4 is 4.31 Å². The van der Waals surface area contributed by atoms with Gasteiger partial charge in [-0.15, -0.1) is 0 Å². The Kier molecular flexibility index (Phi) is 2.19. The molecule has 1 atom stereocenters. The Morgan fingerprint density at radius 1 is 1.67 bits per heavy atom. The van der Waals surface area contributed by atoms with Crippen LogP contribution in [0.4, 0.5) is 5.82 Å². The molecule has 2 rings (SSSR count). The van der Waals surface area contributed by atoms with E-state index in [1.165, 1.54) is 12.2 Å². The monoisotopic (exact) mass is 182 g/mol. The highest BCUT2D eigenvalue weighted by atomic mass is 32.2. The zero-order chi connectivity index (χ0) is 8.39. The molecule has 0 unspecified atom stereocenters. The van der Waals surface area contributed by atoms with Crippen molar-refractivity contribution in [3.8, 4) is 0 Å². The average molecular weight is 182 g/mol. The van der Waals surface area contributed by atoms with Gasteiger partial charge in [-0.3, -0.25) is 8.49 Å². The molecule has 1 aromatic rings. The first kappa shape index (κ1) is 7.89. The molecular formula is C8H10N2OS.